The van der Waals surface area contributed by atoms with Gasteiger partial charge in [0, 0.05) is 25.4 Å². The Morgan fingerprint density at radius 3 is 2.22 bits per heavy atom. The van der Waals surface area contributed by atoms with Crippen LogP contribution in [-0.4, -0.2) is 28.8 Å². The zero-order chi connectivity index (χ0) is 19.8. The third-order valence-electron chi connectivity index (χ3n) is 4.61. The molecule has 1 atom stereocenters. The van der Waals surface area contributed by atoms with E-state index >= 15 is 0 Å². The molecule has 27 heavy (non-hydrogen) atoms. The van der Waals surface area contributed by atoms with E-state index in [1.54, 1.807) is 4.90 Å². The summed E-state index contributed by atoms with van der Waals surface area (Å²) >= 11 is 0. The highest BCUT2D eigenvalue weighted by Gasteiger charge is 2.30. The molecule has 2 rings (SSSR count). The number of carbonyl (C=O) groups is 2. The summed E-state index contributed by atoms with van der Waals surface area (Å²) in [5.74, 6) is -0.123. The topological polar surface area (TPSA) is 49.4 Å². The molecular formula is C23H30N2O2. The Balaban J connectivity index is 2.37. The minimum Gasteiger partial charge on any atom is -0.352 e. The van der Waals surface area contributed by atoms with Gasteiger partial charge in [-0.2, -0.15) is 0 Å². The van der Waals surface area contributed by atoms with Crippen LogP contribution < -0.4 is 5.32 Å². The van der Waals surface area contributed by atoms with E-state index in [1.807, 2.05) is 82.3 Å². The highest BCUT2D eigenvalue weighted by Crippen LogP contribution is 2.17. The number of amides is 2. The van der Waals surface area contributed by atoms with Crippen LogP contribution in [-0.2, 0) is 22.6 Å². The van der Waals surface area contributed by atoms with E-state index in [0.29, 0.717) is 19.4 Å². The number of rotatable bonds is 8. The number of aryl methyl sites for hydroxylation is 1. The molecule has 4 heteroatoms. The van der Waals surface area contributed by atoms with Crippen LogP contribution >= 0.6 is 0 Å². The lowest BCUT2D eigenvalue weighted by Crippen LogP contribution is -2.51. The summed E-state index contributed by atoms with van der Waals surface area (Å²) < 4.78 is 0. The summed E-state index contributed by atoms with van der Waals surface area (Å²) in [6.07, 6.45) is 0.864. The van der Waals surface area contributed by atoms with Gasteiger partial charge in [-0.3, -0.25) is 9.59 Å². The van der Waals surface area contributed by atoms with E-state index in [9.17, 15) is 9.59 Å². The van der Waals surface area contributed by atoms with E-state index in [-0.39, 0.29) is 17.9 Å². The van der Waals surface area contributed by atoms with Crippen molar-refractivity contribution in [1.82, 2.24) is 10.2 Å². The highest BCUT2D eigenvalue weighted by atomic mass is 16.2. The quantitative estimate of drug-likeness (QED) is 0.771. The molecule has 0 fully saturated rings. The first-order valence-corrected chi connectivity index (χ1v) is 9.60. The monoisotopic (exact) mass is 366 g/mol. The molecule has 0 aromatic heterocycles. The summed E-state index contributed by atoms with van der Waals surface area (Å²) in [6.45, 7) is 8.18. The molecule has 0 saturated heterocycles. The number of nitrogens with zero attached hydrogens (tertiary/aromatic N) is 1. The molecule has 2 aromatic carbocycles. The van der Waals surface area contributed by atoms with Gasteiger partial charge in [0.1, 0.15) is 6.04 Å². The van der Waals surface area contributed by atoms with Crippen molar-refractivity contribution in [3.63, 3.8) is 0 Å². The molecular weight excluding hydrogens is 336 g/mol. The largest absolute Gasteiger partial charge is 0.352 e. The molecule has 0 heterocycles. The number of benzene rings is 2. The summed E-state index contributed by atoms with van der Waals surface area (Å²) in [4.78, 5) is 27.5. The lowest BCUT2D eigenvalue weighted by molar-refractivity contribution is -0.141. The zero-order valence-corrected chi connectivity index (χ0v) is 16.7. The van der Waals surface area contributed by atoms with Crippen molar-refractivity contribution in [3.05, 3.63) is 71.3 Å². The Bertz CT molecular complexity index is 756. The van der Waals surface area contributed by atoms with Crippen molar-refractivity contribution in [2.75, 3.05) is 0 Å². The van der Waals surface area contributed by atoms with E-state index in [1.165, 1.54) is 0 Å². The Morgan fingerprint density at radius 2 is 1.63 bits per heavy atom. The molecule has 2 aromatic rings. The molecule has 0 spiro atoms. The molecule has 0 saturated carbocycles. The molecule has 0 bridgehead atoms. The fraction of sp³-hybridized carbons (Fsp3) is 0.391. The first kappa shape index (κ1) is 20.7. The van der Waals surface area contributed by atoms with Crippen LogP contribution in [0, 0.1) is 6.92 Å². The minimum absolute atomic E-state index is 0.0157. The summed E-state index contributed by atoms with van der Waals surface area (Å²) in [6, 6.07) is 17.4. The van der Waals surface area contributed by atoms with Crippen molar-refractivity contribution in [1.29, 1.82) is 0 Å². The van der Waals surface area contributed by atoms with Crippen molar-refractivity contribution in [2.24, 2.45) is 0 Å². The Hall–Kier alpha value is -2.62. The van der Waals surface area contributed by atoms with Gasteiger partial charge >= 0.3 is 0 Å². The van der Waals surface area contributed by atoms with Crippen LogP contribution in [0.5, 0.6) is 0 Å². The van der Waals surface area contributed by atoms with Crippen molar-refractivity contribution < 1.29 is 9.59 Å². The molecule has 144 valence electrons. The van der Waals surface area contributed by atoms with Crippen LogP contribution in [0.15, 0.2) is 54.6 Å². The van der Waals surface area contributed by atoms with E-state index in [0.717, 1.165) is 16.7 Å². The molecule has 1 N–H and O–H groups in total. The van der Waals surface area contributed by atoms with Crippen molar-refractivity contribution in [3.8, 4) is 0 Å². The van der Waals surface area contributed by atoms with Gasteiger partial charge in [0.25, 0.3) is 0 Å². The van der Waals surface area contributed by atoms with Crippen LogP contribution in [0.3, 0.4) is 0 Å². The molecule has 0 unspecified atom stereocenters. The lowest BCUT2D eigenvalue weighted by atomic mass is 10.0. The van der Waals surface area contributed by atoms with Crippen LogP contribution in [0.1, 0.15) is 43.9 Å². The maximum atomic E-state index is 13.0. The first-order valence-electron chi connectivity index (χ1n) is 9.60. The van der Waals surface area contributed by atoms with E-state index in [4.69, 9.17) is 0 Å². The number of carbonyl (C=O) groups excluding carboxylic acids is 2. The molecule has 0 radical (unpaired) electrons. The molecule has 4 nitrogen and oxygen atoms in total. The minimum atomic E-state index is -0.540. The van der Waals surface area contributed by atoms with Gasteiger partial charge < -0.3 is 10.2 Å². The number of hydrogen-bond acceptors (Lipinski definition) is 2. The predicted molar refractivity (Wildman–Crippen MR) is 109 cm³/mol. The standard InChI is InChI=1S/C23H30N2O2/c1-5-22(26)25(16-20-14-10-9-11-18(20)4)21(23(27)24-17(2)3)15-19-12-7-6-8-13-19/h6-14,17,21H,5,15-16H2,1-4H3,(H,24,27)/t21-/m0/s1. The van der Waals surface area contributed by atoms with Gasteiger partial charge in [-0.1, -0.05) is 61.5 Å². The maximum absolute atomic E-state index is 13.0. The van der Waals surface area contributed by atoms with Gasteiger partial charge in [0.2, 0.25) is 11.8 Å². The normalized spacial score (nSPS) is 11.9. The third kappa shape index (κ3) is 5.95. The number of nitrogens with one attached hydrogen (secondary N) is 1. The fourth-order valence-electron chi connectivity index (χ4n) is 3.11. The smallest absolute Gasteiger partial charge is 0.243 e. The van der Waals surface area contributed by atoms with Gasteiger partial charge in [-0.25, -0.2) is 0 Å². The van der Waals surface area contributed by atoms with Crippen LogP contribution in [0.2, 0.25) is 0 Å². The Kier molecular flexibility index (Phi) is 7.59. The first-order chi connectivity index (χ1) is 12.9. The fourth-order valence-corrected chi connectivity index (χ4v) is 3.11. The van der Waals surface area contributed by atoms with Gasteiger partial charge in [-0.05, 0) is 37.5 Å². The van der Waals surface area contributed by atoms with Gasteiger partial charge in [-0.15, -0.1) is 0 Å². The second kappa shape index (κ2) is 9.91. The van der Waals surface area contributed by atoms with Crippen molar-refractivity contribution >= 4 is 11.8 Å². The molecule has 0 aliphatic carbocycles. The Morgan fingerprint density at radius 1 is 1.00 bits per heavy atom. The summed E-state index contributed by atoms with van der Waals surface area (Å²) in [7, 11) is 0. The van der Waals surface area contributed by atoms with E-state index < -0.39 is 6.04 Å². The molecule has 0 aliphatic rings. The average molecular weight is 367 g/mol. The third-order valence-corrected chi connectivity index (χ3v) is 4.61. The second-order valence-electron chi connectivity index (χ2n) is 7.17. The summed E-state index contributed by atoms with van der Waals surface area (Å²) in [5, 5.41) is 2.99. The van der Waals surface area contributed by atoms with Gasteiger partial charge in [0.05, 0.1) is 0 Å². The van der Waals surface area contributed by atoms with Crippen LogP contribution in [0.25, 0.3) is 0 Å². The van der Waals surface area contributed by atoms with Crippen LogP contribution in [0.4, 0.5) is 0 Å². The lowest BCUT2D eigenvalue weighted by Gasteiger charge is -2.32. The average Bonchev–Trinajstić information content (AvgIpc) is 2.65. The Labute approximate surface area is 162 Å². The maximum Gasteiger partial charge on any atom is 0.243 e. The zero-order valence-electron chi connectivity index (χ0n) is 16.7. The second-order valence-corrected chi connectivity index (χ2v) is 7.17. The predicted octanol–water partition coefficient (Wildman–Crippen LogP) is 3.87. The SMILES string of the molecule is CCC(=O)N(Cc1ccccc1C)[C@@H](Cc1ccccc1)C(=O)NC(C)C. The highest BCUT2D eigenvalue weighted by molar-refractivity contribution is 5.88. The van der Waals surface area contributed by atoms with E-state index in [2.05, 4.69) is 5.32 Å². The van der Waals surface area contributed by atoms with Crippen molar-refractivity contribution in [2.45, 2.75) is 59.2 Å². The number of hydrogen-bond donors (Lipinski definition) is 1. The van der Waals surface area contributed by atoms with Gasteiger partial charge in [0.15, 0.2) is 0 Å². The summed E-state index contributed by atoms with van der Waals surface area (Å²) in [5.41, 5.74) is 3.23. The molecule has 0 aliphatic heterocycles. The molecule has 2 amide bonds.